The Morgan fingerprint density at radius 3 is 2.37 bits per heavy atom. The van der Waals surface area contributed by atoms with E-state index in [1.54, 1.807) is 18.2 Å². The van der Waals surface area contributed by atoms with Crippen molar-refractivity contribution in [2.45, 2.75) is 6.10 Å². The van der Waals surface area contributed by atoms with Crippen LogP contribution in [0.2, 0.25) is 0 Å². The van der Waals surface area contributed by atoms with Gasteiger partial charge in [-0.1, -0.05) is 18.2 Å². The molecule has 1 aromatic carbocycles. The standard InChI is InChI=1S/C12H12N2O5/c15-9-5-14(6-10(16)13-9)8-4-2-1-3-7(8)11(17)12(18)19/h1-4,11,17H,5-6H2,(H,18,19)(H,13,15,16). The zero-order chi connectivity index (χ0) is 14.0. The number of hydrogen-bond donors (Lipinski definition) is 3. The number of rotatable bonds is 3. The molecule has 0 aliphatic carbocycles. The zero-order valence-electron chi connectivity index (χ0n) is 9.87. The van der Waals surface area contributed by atoms with E-state index >= 15 is 0 Å². The maximum absolute atomic E-state index is 11.3. The number of carboxylic acids is 1. The minimum atomic E-state index is -1.70. The lowest BCUT2D eigenvalue weighted by atomic mass is 10.1. The first-order chi connectivity index (χ1) is 8.99. The molecule has 3 N–H and O–H groups in total. The molecular weight excluding hydrogens is 252 g/mol. The molecule has 2 rings (SSSR count). The number of carboxylic acid groups (broad SMARTS) is 1. The van der Waals surface area contributed by atoms with E-state index in [-0.39, 0.29) is 18.7 Å². The van der Waals surface area contributed by atoms with Crippen molar-refractivity contribution >= 4 is 23.5 Å². The molecule has 1 aromatic rings. The second-order valence-electron chi connectivity index (χ2n) is 4.13. The fraction of sp³-hybridized carbons (Fsp3) is 0.250. The minimum Gasteiger partial charge on any atom is -0.479 e. The van der Waals surface area contributed by atoms with Gasteiger partial charge in [0.15, 0.2) is 6.10 Å². The van der Waals surface area contributed by atoms with Crippen LogP contribution in [0.3, 0.4) is 0 Å². The number of piperazine rings is 1. The van der Waals surface area contributed by atoms with E-state index in [0.717, 1.165) is 0 Å². The van der Waals surface area contributed by atoms with Crippen molar-refractivity contribution in [3.8, 4) is 0 Å². The Bertz CT molecular complexity index is 527. The van der Waals surface area contributed by atoms with Crippen LogP contribution in [0.5, 0.6) is 0 Å². The Labute approximate surface area is 108 Å². The van der Waals surface area contributed by atoms with Crippen LogP contribution in [0.25, 0.3) is 0 Å². The summed E-state index contributed by atoms with van der Waals surface area (Å²) in [4.78, 5) is 34.9. The van der Waals surface area contributed by atoms with Crippen LogP contribution in [0, 0.1) is 0 Å². The Morgan fingerprint density at radius 1 is 1.21 bits per heavy atom. The number of carbonyl (C=O) groups is 3. The van der Waals surface area contributed by atoms with Crippen LogP contribution in [-0.4, -0.2) is 41.1 Å². The van der Waals surface area contributed by atoms with Gasteiger partial charge in [-0.3, -0.25) is 14.9 Å². The van der Waals surface area contributed by atoms with E-state index in [1.807, 2.05) is 0 Å². The summed E-state index contributed by atoms with van der Waals surface area (Å²) in [6, 6.07) is 6.24. The van der Waals surface area contributed by atoms with Gasteiger partial charge >= 0.3 is 5.97 Å². The van der Waals surface area contributed by atoms with Crippen LogP contribution in [0.4, 0.5) is 5.69 Å². The lowest BCUT2D eigenvalue weighted by Gasteiger charge is -2.29. The topological polar surface area (TPSA) is 107 Å². The van der Waals surface area contributed by atoms with Gasteiger partial charge in [0.25, 0.3) is 0 Å². The van der Waals surface area contributed by atoms with Gasteiger partial charge in [-0.15, -0.1) is 0 Å². The second-order valence-corrected chi connectivity index (χ2v) is 4.13. The normalized spacial score (nSPS) is 17.0. The first kappa shape index (κ1) is 13.0. The van der Waals surface area contributed by atoms with Crippen LogP contribution >= 0.6 is 0 Å². The Balaban J connectivity index is 2.36. The number of aliphatic hydroxyl groups excluding tert-OH is 1. The number of aliphatic carboxylic acids is 1. The molecular formula is C12H12N2O5. The summed E-state index contributed by atoms with van der Waals surface area (Å²) in [6.07, 6.45) is -1.70. The molecule has 19 heavy (non-hydrogen) atoms. The summed E-state index contributed by atoms with van der Waals surface area (Å²) in [5, 5.41) is 20.6. The SMILES string of the molecule is O=C1CN(c2ccccc2C(O)C(=O)O)CC(=O)N1. The Kier molecular flexibility index (Phi) is 3.48. The molecule has 7 nitrogen and oxygen atoms in total. The molecule has 0 aromatic heterocycles. The average molecular weight is 264 g/mol. The Morgan fingerprint density at radius 2 is 1.79 bits per heavy atom. The fourth-order valence-corrected chi connectivity index (χ4v) is 1.95. The van der Waals surface area contributed by atoms with Crippen molar-refractivity contribution in [2.24, 2.45) is 0 Å². The number of benzene rings is 1. The maximum atomic E-state index is 11.3. The summed E-state index contributed by atoms with van der Waals surface area (Å²) < 4.78 is 0. The molecule has 0 radical (unpaired) electrons. The molecule has 0 bridgehead atoms. The third kappa shape index (κ3) is 2.71. The summed E-state index contributed by atoms with van der Waals surface area (Å²) >= 11 is 0. The number of amides is 2. The lowest BCUT2D eigenvalue weighted by molar-refractivity contribution is -0.146. The molecule has 0 spiro atoms. The highest BCUT2D eigenvalue weighted by molar-refractivity contribution is 6.03. The highest BCUT2D eigenvalue weighted by Crippen LogP contribution is 2.27. The van der Waals surface area contributed by atoms with Gasteiger partial charge in [0.2, 0.25) is 11.8 Å². The van der Waals surface area contributed by atoms with Crippen LogP contribution < -0.4 is 10.2 Å². The molecule has 7 heteroatoms. The first-order valence-corrected chi connectivity index (χ1v) is 5.56. The fourth-order valence-electron chi connectivity index (χ4n) is 1.95. The zero-order valence-corrected chi connectivity index (χ0v) is 9.87. The van der Waals surface area contributed by atoms with Gasteiger partial charge < -0.3 is 15.1 Å². The van der Waals surface area contributed by atoms with Crippen molar-refractivity contribution < 1.29 is 24.6 Å². The Hall–Kier alpha value is -2.41. The van der Waals surface area contributed by atoms with Crippen molar-refractivity contribution in [1.82, 2.24) is 5.32 Å². The number of aliphatic hydroxyl groups is 1. The number of nitrogens with one attached hydrogen (secondary N) is 1. The number of hydrogen-bond acceptors (Lipinski definition) is 5. The van der Waals surface area contributed by atoms with Gasteiger partial charge in [-0.05, 0) is 6.07 Å². The maximum Gasteiger partial charge on any atom is 0.337 e. The number of anilines is 1. The van der Waals surface area contributed by atoms with Gasteiger partial charge in [0, 0.05) is 11.3 Å². The monoisotopic (exact) mass is 264 g/mol. The lowest BCUT2D eigenvalue weighted by Crippen LogP contribution is -2.51. The predicted molar refractivity (Wildman–Crippen MR) is 64.4 cm³/mol. The van der Waals surface area contributed by atoms with Crippen molar-refractivity contribution in [3.63, 3.8) is 0 Å². The number of nitrogens with zero attached hydrogens (tertiary/aromatic N) is 1. The summed E-state index contributed by atoms with van der Waals surface area (Å²) in [7, 11) is 0. The largest absolute Gasteiger partial charge is 0.479 e. The van der Waals surface area contributed by atoms with Gasteiger partial charge in [-0.2, -0.15) is 0 Å². The molecule has 1 atom stereocenters. The van der Waals surface area contributed by atoms with Crippen LogP contribution in [0.1, 0.15) is 11.7 Å². The van der Waals surface area contributed by atoms with Gasteiger partial charge in [0.05, 0.1) is 13.1 Å². The summed E-state index contributed by atoms with van der Waals surface area (Å²) in [5.41, 5.74) is 0.512. The van der Waals surface area contributed by atoms with Gasteiger partial charge in [-0.25, -0.2) is 4.79 Å². The number of para-hydroxylation sites is 1. The molecule has 1 aliphatic heterocycles. The van der Waals surface area contributed by atoms with Gasteiger partial charge in [0.1, 0.15) is 0 Å². The molecule has 1 saturated heterocycles. The number of carbonyl (C=O) groups excluding carboxylic acids is 2. The predicted octanol–water partition coefficient (Wildman–Crippen LogP) is -0.733. The quantitative estimate of drug-likeness (QED) is 0.621. The van der Waals surface area contributed by atoms with E-state index in [2.05, 4.69) is 5.32 Å². The average Bonchev–Trinajstić information content (AvgIpc) is 2.36. The molecule has 1 fully saturated rings. The van der Waals surface area contributed by atoms with Crippen LogP contribution in [-0.2, 0) is 14.4 Å². The third-order valence-electron chi connectivity index (χ3n) is 2.75. The summed E-state index contributed by atoms with van der Waals surface area (Å²) in [5.74, 6) is -2.31. The van der Waals surface area contributed by atoms with Crippen molar-refractivity contribution in [2.75, 3.05) is 18.0 Å². The van der Waals surface area contributed by atoms with Crippen molar-refractivity contribution in [1.29, 1.82) is 0 Å². The van der Waals surface area contributed by atoms with Crippen molar-refractivity contribution in [3.05, 3.63) is 29.8 Å². The van der Waals surface area contributed by atoms with E-state index < -0.39 is 23.9 Å². The highest BCUT2D eigenvalue weighted by Gasteiger charge is 2.27. The van der Waals surface area contributed by atoms with E-state index in [1.165, 1.54) is 11.0 Å². The molecule has 100 valence electrons. The van der Waals surface area contributed by atoms with E-state index in [9.17, 15) is 19.5 Å². The summed E-state index contributed by atoms with van der Waals surface area (Å²) in [6.45, 7) is -0.121. The molecule has 2 amide bonds. The molecule has 1 aliphatic rings. The third-order valence-corrected chi connectivity index (χ3v) is 2.75. The number of imide groups is 1. The smallest absolute Gasteiger partial charge is 0.337 e. The minimum absolute atomic E-state index is 0.0604. The van der Waals surface area contributed by atoms with Crippen LogP contribution in [0.15, 0.2) is 24.3 Å². The highest BCUT2D eigenvalue weighted by atomic mass is 16.4. The first-order valence-electron chi connectivity index (χ1n) is 5.56. The van der Waals surface area contributed by atoms with E-state index in [4.69, 9.17) is 5.11 Å². The molecule has 1 heterocycles. The molecule has 1 unspecified atom stereocenters. The molecule has 0 saturated carbocycles. The van der Waals surface area contributed by atoms with E-state index in [0.29, 0.717) is 5.69 Å². The second kappa shape index (κ2) is 5.07.